The normalized spacial score (nSPS) is 24.6. The van der Waals surface area contributed by atoms with E-state index in [0.29, 0.717) is 22.7 Å². The SMILES string of the molecule is NC(=O)c1nccc2[nH]c([C@@H]3CCCC[C@H]3C3CCCCC3)cc(=O)c12. The van der Waals surface area contributed by atoms with Crippen molar-refractivity contribution in [2.24, 2.45) is 17.6 Å². The zero-order chi connectivity index (χ0) is 18.1. The molecule has 0 bridgehead atoms. The number of rotatable bonds is 3. The summed E-state index contributed by atoms with van der Waals surface area (Å²) in [5, 5.41) is 0.314. The molecule has 2 fully saturated rings. The minimum absolute atomic E-state index is 0.0581. The lowest BCUT2D eigenvalue weighted by Crippen LogP contribution is -2.28. The molecular formula is C21H27N3O2. The summed E-state index contributed by atoms with van der Waals surface area (Å²) in [6.07, 6.45) is 13.2. The highest BCUT2D eigenvalue weighted by Crippen LogP contribution is 2.45. The van der Waals surface area contributed by atoms with Crippen LogP contribution in [0.15, 0.2) is 23.1 Å². The Bertz CT molecular complexity index is 867. The number of hydrogen-bond donors (Lipinski definition) is 2. The Kier molecular flexibility index (Phi) is 4.79. The van der Waals surface area contributed by atoms with Gasteiger partial charge in [-0.05, 0) is 30.7 Å². The van der Waals surface area contributed by atoms with Crippen molar-refractivity contribution in [1.29, 1.82) is 0 Å². The van der Waals surface area contributed by atoms with Crippen LogP contribution in [-0.2, 0) is 0 Å². The maximum atomic E-state index is 12.8. The molecule has 0 aliphatic heterocycles. The van der Waals surface area contributed by atoms with Gasteiger partial charge in [-0.25, -0.2) is 0 Å². The van der Waals surface area contributed by atoms with Crippen LogP contribution < -0.4 is 11.2 Å². The molecule has 2 aliphatic rings. The van der Waals surface area contributed by atoms with Gasteiger partial charge in [0.1, 0.15) is 5.69 Å². The molecule has 0 aromatic carbocycles. The zero-order valence-corrected chi connectivity index (χ0v) is 15.2. The van der Waals surface area contributed by atoms with E-state index in [0.717, 1.165) is 18.0 Å². The van der Waals surface area contributed by atoms with Crippen molar-refractivity contribution in [3.05, 3.63) is 39.9 Å². The minimum Gasteiger partial charge on any atom is -0.364 e. The van der Waals surface area contributed by atoms with E-state index >= 15 is 0 Å². The van der Waals surface area contributed by atoms with Gasteiger partial charge in [-0.1, -0.05) is 44.9 Å². The lowest BCUT2D eigenvalue weighted by atomic mass is 9.67. The van der Waals surface area contributed by atoms with Gasteiger partial charge in [-0.3, -0.25) is 14.6 Å². The van der Waals surface area contributed by atoms with E-state index in [2.05, 4.69) is 9.97 Å². The summed E-state index contributed by atoms with van der Waals surface area (Å²) in [5.74, 6) is 1.20. The third-order valence-electron chi connectivity index (χ3n) is 6.47. The topological polar surface area (TPSA) is 88.8 Å². The van der Waals surface area contributed by atoms with E-state index in [-0.39, 0.29) is 11.1 Å². The van der Waals surface area contributed by atoms with Gasteiger partial charge < -0.3 is 10.7 Å². The Morgan fingerprint density at radius 2 is 1.81 bits per heavy atom. The van der Waals surface area contributed by atoms with Crippen molar-refractivity contribution in [3.8, 4) is 0 Å². The van der Waals surface area contributed by atoms with Crippen LogP contribution in [0.25, 0.3) is 10.9 Å². The number of primary amides is 1. The first-order valence-electron chi connectivity index (χ1n) is 9.97. The van der Waals surface area contributed by atoms with Gasteiger partial charge in [0, 0.05) is 23.9 Å². The van der Waals surface area contributed by atoms with Crippen LogP contribution in [0.2, 0.25) is 0 Å². The summed E-state index contributed by atoms with van der Waals surface area (Å²) in [7, 11) is 0. The van der Waals surface area contributed by atoms with Crippen LogP contribution >= 0.6 is 0 Å². The molecule has 2 aliphatic carbocycles. The highest BCUT2D eigenvalue weighted by atomic mass is 16.1. The first kappa shape index (κ1) is 17.3. The van der Waals surface area contributed by atoms with Crippen LogP contribution in [0.4, 0.5) is 0 Å². The molecule has 4 rings (SSSR count). The average Bonchev–Trinajstić information content (AvgIpc) is 2.68. The summed E-state index contributed by atoms with van der Waals surface area (Å²) >= 11 is 0. The highest BCUT2D eigenvalue weighted by Gasteiger charge is 2.34. The number of carbonyl (C=O) groups excluding carboxylic acids is 1. The Hall–Kier alpha value is -2.17. The third-order valence-corrected chi connectivity index (χ3v) is 6.47. The van der Waals surface area contributed by atoms with Crippen molar-refractivity contribution in [2.45, 2.75) is 63.7 Å². The van der Waals surface area contributed by atoms with Gasteiger partial charge in [0.25, 0.3) is 5.91 Å². The molecule has 26 heavy (non-hydrogen) atoms. The molecule has 0 spiro atoms. The van der Waals surface area contributed by atoms with Crippen molar-refractivity contribution in [3.63, 3.8) is 0 Å². The quantitative estimate of drug-likeness (QED) is 0.877. The largest absolute Gasteiger partial charge is 0.364 e. The number of aromatic nitrogens is 2. The molecule has 0 radical (unpaired) electrons. The number of carbonyl (C=O) groups is 1. The van der Waals surface area contributed by atoms with Gasteiger partial charge in [0.15, 0.2) is 5.43 Å². The maximum Gasteiger partial charge on any atom is 0.268 e. The van der Waals surface area contributed by atoms with Crippen molar-refractivity contribution < 1.29 is 4.79 Å². The second-order valence-electron chi connectivity index (χ2n) is 7.99. The number of fused-ring (bicyclic) bond motifs is 1. The van der Waals surface area contributed by atoms with Crippen molar-refractivity contribution in [1.82, 2.24) is 9.97 Å². The van der Waals surface area contributed by atoms with Crippen LogP contribution in [0.5, 0.6) is 0 Å². The summed E-state index contributed by atoms with van der Waals surface area (Å²) in [6.45, 7) is 0. The van der Waals surface area contributed by atoms with Gasteiger partial charge >= 0.3 is 0 Å². The molecule has 2 atom stereocenters. The number of nitrogens with two attached hydrogens (primary N) is 1. The Morgan fingerprint density at radius 1 is 1.08 bits per heavy atom. The molecule has 5 nitrogen and oxygen atoms in total. The van der Waals surface area contributed by atoms with Gasteiger partial charge in [0.2, 0.25) is 0 Å². The number of aromatic amines is 1. The number of H-pyrrole nitrogens is 1. The summed E-state index contributed by atoms with van der Waals surface area (Å²) in [4.78, 5) is 31.9. The molecule has 1 amide bonds. The van der Waals surface area contributed by atoms with E-state index in [1.54, 1.807) is 18.3 Å². The van der Waals surface area contributed by atoms with E-state index in [9.17, 15) is 9.59 Å². The number of nitrogens with one attached hydrogen (secondary N) is 1. The van der Waals surface area contributed by atoms with Gasteiger partial charge in [-0.15, -0.1) is 0 Å². The third kappa shape index (κ3) is 3.15. The zero-order valence-electron chi connectivity index (χ0n) is 15.2. The first-order valence-corrected chi connectivity index (χ1v) is 9.97. The fourth-order valence-corrected chi connectivity index (χ4v) is 5.28. The van der Waals surface area contributed by atoms with Gasteiger partial charge in [0.05, 0.1) is 10.9 Å². The Balaban J connectivity index is 1.75. The predicted octanol–water partition coefficient (Wildman–Crippen LogP) is 3.88. The average molecular weight is 353 g/mol. The smallest absolute Gasteiger partial charge is 0.268 e. The van der Waals surface area contributed by atoms with Crippen LogP contribution in [0, 0.1) is 11.8 Å². The molecule has 2 saturated carbocycles. The molecule has 2 aromatic rings. The summed E-state index contributed by atoms with van der Waals surface area (Å²) < 4.78 is 0. The number of pyridine rings is 2. The second kappa shape index (κ2) is 7.22. The second-order valence-corrected chi connectivity index (χ2v) is 7.99. The van der Waals surface area contributed by atoms with Crippen molar-refractivity contribution in [2.75, 3.05) is 0 Å². The Morgan fingerprint density at radius 3 is 2.58 bits per heavy atom. The van der Waals surface area contributed by atoms with Gasteiger partial charge in [-0.2, -0.15) is 0 Å². The molecule has 138 valence electrons. The summed E-state index contributed by atoms with van der Waals surface area (Å²) in [6, 6.07) is 3.47. The van der Waals surface area contributed by atoms with E-state index < -0.39 is 5.91 Å². The molecule has 2 heterocycles. The van der Waals surface area contributed by atoms with Crippen LogP contribution in [-0.4, -0.2) is 15.9 Å². The lowest BCUT2D eigenvalue weighted by Gasteiger charge is -2.39. The van der Waals surface area contributed by atoms with E-state index in [4.69, 9.17) is 5.73 Å². The number of hydrogen-bond acceptors (Lipinski definition) is 3. The number of amides is 1. The summed E-state index contributed by atoms with van der Waals surface area (Å²) in [5.41, 5.74) is 7.00. The predicted molar refractivity (Wildman–Crippen MR) is 102 cm³/mol. The molecule has 3 N–H and O–H groups in total. The first-order chi connectivity index (χ1) is 12.6. The Labute approximate surface area is 153 Å². The minimum atomic E-state index is -0.661. The highest BCUT2D eigenvalue weighted by molar-refractivity contribution is 6.03. The fourth-order valence-electron chi connectivity index (χ4n) is 5.28. The molecule has 2 aromatic heterocycles. The van der Waals surface area contributed by atoms with Crippen molar-refractivity contribution >= 4 is 16.8 Å². The maximum absolute atomic E-state index is 12.8. The fraction of sp³-hybridized carbons (Fsp3) is 0.571. The lowest BCUT2D eigenvalue weighted by molar-refractivity contribution is 0.0997. The van der Waals surface area contributed by atoms with Crippen LogP contribution in [0.1, 0.15) is 79.9 Å². The molecule has 0 saturated heterocycles. The van der Waals surface area contributed by atoms with E-state index in [1.165, 1.54) is 51.4 Å². The molecule has 0 unspecified atom stereocenters. The van der Waals surface area contributed by atoms with Crippen LogP contribution in [0.3, 0.4) is 0 Å². The monoisotopic (exact) mass is 353 g/mol. The number of nitrogens with zero attached hydrogens (tertiary/aromatic N) is 1. The molecule has 5 heteroatoms. The standard InChI is InChI=1S/C21H27N3O2/c22-21(26)20-19-16(10-11-23-20)24-17(12-18(19)25)15-9-5-4-8-14(15)13-6-2-1-3-7-13/h10-15H,1-9H2,(H2,22,26)(H,24,25)/t14-,15+/m0/s1. The van der Waals surface area contributed by atoms with E-state index in [1.807, 2.05) is 0 Å². The molecular weight excluding hydrogens is 326 g/mol.